The number of carbonyl (C=O) groups excluding carboxylic acids is 1. The van der Waals surface area contributed by atoms with Crippen molar-refractivity contribution in [2.24, 2.45) is 0 Å². The molecular weight excluding hydrogens is 269 g/mol. The van der Waals surface area contributed by atoms with E-state index in [9.17, 15) is 9.18 Å². The highest BCUT2D eigenvalue weighted by molar-refractivity contribution is 6.00. The molecule has 0 atom stereocenters. The predicted molar refractivity (Wildman–Crippen MR) is 83.3 cm³/mol. The van der Waals surface area contributed by atoms with Crippen molar-refractivity contribution in [2.45, 2.75) is 6.92 Å². The minimum atomic E-state index is -0.374. The SMILES string of the molecule is Cc1ccc(Nc2cc(N)ccc2C(=O)N(C)C)c(F)c1. The highest BCUT2D eigenvalue weighted by Gasteiger charge is 2.15. The molecule has 21 heavy (non-hydrogen) atoms. The van der Waals surface area contributed by atoms with Crippen LogP contribution in [-0.2, 0) is 0 Å². The van der Waals surface area contributed by atoms with Crippen LogP contribution in [0.25, 0.3) is 0 Å². The number of hydrogen-bond acceptors (Lipinski definition) is 3. The van der Waals surface area contributed by atoms with Crippen LogP contribution in [0, 0.1) is 12.7 Å². The van der Waals surface area contributed by atoms with E-state index in [4.69, 9.17) is 5.73 Å². The Hall–Kier alpha value is -2.56. The van der Waals surface area contributed by atoms with Crippen molar-refractivity contribution in [2.75, 3.05) is 25.1 Å². The second-order valence-corrected chi connectivity index (χ2v) is 5.11. The Morgan fingerprint density at radius 1 is 1.14 bits per heavy atom. The van der Waals surface area contributed by atoms with E-state index in [2.05, 4.69) is 5.32 Å². The third-order valence-electron chi connectivity index (χ3n) is 3.07. The summed E-state index contributed by atoms with van der Waals surface area (Å²) in [7, 11) is 3.32. The number of hydrogen-bond donors (Lipinski definition) is 2. The Labute approximate surface area is 123 Å². The van der Waals surface area contributed by atoms with Gasteiger partial charge in [-0.3, -0.25) is 4.79 Å². The molecule has 0 aromatic heterocycles. The number of rotatable bonds is 3. The number of nitrogens with one attached hydrogen (secondary N) is 1. The summed E-state index contributed by atoms with van der Waals surface area (Å²) in [6.45, 7) is 1.81. The first-order chi connectivity index (χ1) is 9.88. The van der Waals surface area contributed by atoms with Crippen LogP contribution in [0.5, 0.6) is 0 Å². The third-order valence-corrected chi connectivity index (χ3v) is 3.07. The molecule has 0 fully saturated rings. The van der Waals surface area contributed by atoms with E-state index in [-0.39, 0.29) is 11.7 Å². The van der Waals surface area contributed by atoms with Gasteiger partial charge in [-0.05, 0) is 42.8 Å². The topological polar surface area (TPSA) is 58.4 Å². The summed E-state index contributed by atoms with van der Waals surface area (Å²) < 4.78 is 13.9. The molecule has 5 heteroatoms. The average Bonchev–Trinajstić information content (AvgIpc) is 2.41. The summed E-state index contributed by atoms with van der Waals surface area (Å²) in [4.78, 5) is 13.6. The second-order valence-electron chi connectivity index (χ2n) is 5.11. The number of carbonyl (C=O) groups is 1. The summed E-state index contributed by atoms with van der Waals surface area (Å²) in [5, 5.41) is 2.94. The summed E-state index contributed by atoms with van der Waals surface area (Å²) in [6, 6.07) is 9.76. The Morgan fingerprint density at radius 2 is 1.86 bits per heavy atom. The molecule has 3 N–H and O–H groups in total. The standard InChI is InChI=1S/C16H18FN3O/c1-10-4-7-14(13(17)8-10)19-15-9-11(18)5-6-12(15)16(21)20(2)3/h4-9,19H,18H2,1-3H3. The quantitative estimate of drug-likeness (QED) is 0.853. The molecular formula is C16H18FN3O. The van der Waals surface area contributed by atoms with Crippen LogP contribution in [0.2, 0.25) is 0 Å². The van der Waals surface area contributed by atoms with Gasteiger partial charge in [0, 0.05) is 19.8 Å². The van der Waals surface area contributed by atoms with Gasteiger partial charge in [-0.25, -0.2) is 4.39 Å². The lowest BCUT2D eigenvalue weighted by Gasteiger charge is -2.16. The van der Waals surface area contributed by atoms with Crippen LogP contribution < -0.4 is 11.1 Å². The molecule has 0 aliphatic heterocycles. The van der Waals surface area contributed by atoms with E-state index in [1.54, 1.807) is 44.4 Å². The Bertz CT molecular complexity index is 683. The molecule has 0 aliphatic carbocycles. The lowest BCUT2D eigenvalue weighted by Crippen LogP contribution is -2.22. The molecule has 0 heterocycles. The largest absolute Gasteiger partial charge is 0.399 e. The Kier molecular flexibility index (Phi) is 4.12. The maximum absolute atomic E-state index is 13.9. The predicted octanol–water partition coefficient (Wildman–Crippen LogP) is 3.16. The summed E-state index contributed by atoms with van der Waals surface area (Å²) in [5.74, 6) is -0.550. The number of benzene rings is 2. The molecule has 0 spiro atoms. The molecule has 2 aromatic rings. The van der Waals surface area contributed by atoms with E-state index < -0.39 is 0 Å². The summed E-state index contributed by atoms with van der Waals surface area (Å²) in [5.41, 5.74) is 8.32. The van der Waals surface area contributed by atoms with Crippen molar-refractivity contribution >= 4 is 23.0 Å². The molecule has 2 aromatic carbocycles. The highest BCUT2D eigenvalue weighted by Crippen LogP contribution is 2.26. The number of halogens is 1. The maximum atomic E-state index is 13.9. The van der Waals surface area contributed by atoms with Crippen LogP contribution >= 0.6 is 0 Å². The van der Waals surface area contributed by atoms with Crippen molar-refractivity contribution in [3.8, 4) is 0 Å². The number of amides is 1. The van der Waals surface area contributed by atoms with Gasteiger partial charge in [-0.1, -0.05) is 6.07 Å². The van der Waals surface area contributed by atoms with Crippen LogP contribution in [0.15, 0.2) is 36.4 Å². The minimum Gasteiger partial charge on any atom is -0.399 e. The van der Waals surface area contributed by atoms with Gasteiger partial charge in [0.2, 0.25) is 0 Å². The van der Waals surface area contributed by atoms with Gasteiger partial charge in [0.1, 0.15) is 5.82 Å². The highest BCUT2D eigenvalue weighted by atomic mass is 19.1. The minimum absolute atomic E-state index is 0.176. The van der Waals surface area contributed by atoms with Crippen molar-refractivity contribution < 1.29 is 9.18 Å². The fourth-order valence-electron chi connectivity index (χ4n) is 1.96. The lowest BCUT2D eigenvalue weighted by atomic mass is 10.1. The van der Waals surface area contributed by atoms with Gasteiger partial charge >= 0.3 is 0 Å². The fraction of sp³-hybridized carbons (Fsp3) is 0.188. The zero-order valence-electron chi connectivity index (χ0n) is 12.3. The zero-order chi connectivity index (χ0) is 15.6. The number of nitrogens with zero attached hydrogens (tertiary/aromatic N) is 1. The van der Waals surface area contributed by atoms with Crippen LogP contribution in [0.3, 0.4) is 0 Å². The van der Waals surface area contributed by atoms with Crippen LogP contribution in [0.1, 0.15) is 15.9 Å². The fourth-order valence-corrected chi connectivity index (χ4v) is 1.96. The number of aryl methyl sites for hydroxylation is 1. The van der Waals surface area contributed by atoms with Crippen molar-refractivity contribution in [1.82, 2.24) is 4.90 Å². The van der Waals surface area contributed by atoms with Crippen molar-refractivity contribution in [1.29, 1.82) is 0 Å². The molecule has 2 rings (SSSR count). The number of anilines is 3. The van der Waals surface area contributed by atoms with Gasteiger partial charge in [0.15, 0.2) is 0 Å². The van der Waals surface area contributed by atoms with Gasteiger partial charge in [0.25, 0.3) is 5.91 Å². The van der Waals surface area contributed by atoms with Crippen LogP contribution in [-0.4, -0.2) is 24.9 Å². The smallest absolute Gasteiger partial charge is 0.255 e. The van der Waals surface area contributed by atoms with E-state index >= 15 is 0 Å². The Morgan fingerprint density at radius 3 is 2.48 bits per heavy atom. The summed E-state index contributed by atoms with van der Waals surface area (Å²) in [6.07, 6.45) is 0. The second kappa shape index (κ2) is 5.83. The summed E-state index contributed by atoms with van der Waals surface area (Å²) >= 11 is 0. The van der Waals surface area contributed by atoms with E-state index in [1.165, 1.54) is 11.0 Å². The lowest BCUT2D eigenvalue weighted by molar-refractivity contribution is 0.0828. The monoisotopic (exact) mass is 287 g/mol. The first kappa shape index (κ1) is 14.8. The molecule has 1 amide bonds. The van der Waals surface area contributed by atoms with Crippen molar-refractivity contribution in [3.63, 3.8) is 0 Å². The van der Waals surface area contributed by atoms with Crippen LogP contribution in [0.4, 0.5) is 21.5 Å². The number of nitrogens with two attached hydrogens (primary N) is 1. The van der Waals surface area contributed by atoms with E-state index in [1.807, 2.05) is 6.92 Å². The van der Waals surface area contributed by atoms with E-state index in [0.717, 1.165) is 5.56 Å². The average molecular weight is 287 g/mol. The molecule has 0 aliphatic rings. The van der Waals surface area contributed by atoms with Gasteiger partial charge < -0.3 is 16.0 Å². The van der Waals surface area contributed by atoms with Crippen molar-refractivity contribution in [3.05, 3.63) is 53.3 Å². The van der Waals surface area contributed by atoms with Gasteiger partial charge in [-0.15, -0.1) is 0 Å². The first-order valence-electron chi connectivity index (χ1n) is 6.53. The molecule has 0 radical (unpaired) electrons. The molecule has 0 saturated heterocycles. The molecule has 0 unspecified atom stereocenters. The molecule has 110 valence electrons. The third kappa shape index (κ3) is 3.31. The Balaban J connectivity index is 2.43. The zero-order valence-corrected chi connectivity index (χ0v) is 12.3. The molecule has 4 nitrogen and oxygen atoms in total. The first-order valence-corrected chi connectivity index (χ1v) is 6.53. The van der Waals surface area contributed by atoms with Gasteiger partial charge in [-0.2, -0.15) is 0 Å². The van der Waals surface area contributed by atoms with E-state index in [0.29, 0.717) is 22.6 Å². The normalized spacial score (nSPS) is 10.3. The maximum Gasteiger partial charge on any atom is 0.255 e. The molecule has 0 saturated carbocycles. The van der Waals surface area contributed by atoms with Gasteiger partial charge in [0.05, 0.1) is 16.9 Å². The number of nitrogen functional groups attached to an aromatic ring is 1. The molecule has 0 bridgehead atoms.